The van der Waals surface area contributed by atoms with Crippen molar-refractivity contribution >= 4 is 29.2 Å². The first-order chi connectivity index (χ1) is 9.51. The summed E-state index contributed by atoms with van der Waals surface area (Å²) in [6, 6.07) is 8.25. The molecule has 0 radical (unpaired) electrons. The van der Waals surface area contributed by atoms with Gasteiger partial charge in [0.05, 0.1) is 0 Å². The molecule has 102 valence electrons. The number of nitriles is 1. The molecular weight excluding hydrogens is 278 g/mol. The number of hydrogen-bond donors (Lipinski definition) is 2. The molecule has 0 saturated carbocycles. The number of halogens is 1. The highest BCUT2D eigenvalue weighted by Gasteiger charge is 2.16. The van der Waals surface area contributed by atoms with Gasteiger partial charge in [-0.2, -0.15) is 5.26 Å². The fourth-order valence-electron chi connectivity index (χ4n) is 1.68. The number of nitrogens with one attached hydrogen (secondary N) is 2. The van der Waals surface area contributed by atoms with Crippen LogP contribution in [0, 0.1) is 25.2 Å². The van der Waals surface area contributed by atoms with E-state index in [1.807, 2.05) is 6.07 Å². The fraction of sp³-hybridized carbons (Fsp3) is 0.143. The second kappa shape index (κ2) is 5.68. The zero-order valence-corrected chi connectivity index (χ0v) is 11.7. The van der Waals surface area contributed by atoms with Gasteiger partial charge in [0.15, 0.2) is 0 Å². The number of aryl methyl sites for hydroxylation is 1. The maximum absolute atomic E-state index is 11.8. The van der Waals surface area contributed by atoms with Gasteiger partial charge in [-0.25, -0.2) is 4.79 Å². The lowest BCUT2D eigenvalue weighted by Gasteiger charge is -2.06. The molecule has 5 nitrogen and oxygen atoms in total. The molecule has 0 aliphatic heterocycles. The van der Waals surface area contributed by atoms with E-state index in [-0.39, 0.29) is 5.88 Å². The van der Waals surface area contributed by atoms with Gasteiger partial charge in [-0.05, 0) is 32.0 Å². The van der Waals surface area contributed by atoms with Crippen molar-refractivity contribution in [2.45, 2.75) is 13.8 Å². The third-order valence-corrected chi connectivity index (χ3v) is 3.04. The van der Waals surface area contributed by atoms with Crippen LogP contribution in [0.25, 0.3) is 0 Å². The fourth-order valence-corrected chi connectivity index (χ4v) is 1.87. The molecule has 20 heavy (non-hydrogen) atoms. The zero-order chi connectivity index (χ0) is 14.7. The average Bonchev–Trinajstić information content (AvgIpc) is 2.64. The number of furan rings is 1. The van der Waals surface area contributed by atoms with E-state index in [1.165, 1.54) is 0 Å². The van der Waals surface area contributed by atoms with Gasteiger partial charge in [0, 0.05) is 16.3 Å². The first-order valence-corrected chi connectivity index (χ1v) is 6.22. The summed E-state index contributed by atoms with van der Waals surface area (Å²) in [7, 11) is 0. The Bertz CT molecular complexity index is 701. The maximum atomic E-state index is 11.8. The molecule has 2 amide bonds. The zero-order valence-electron chi connectivity index (χ0n) is 11.0. The van der Waals surface area contributed by atoms with Crippen molar-refractivity contribution in [3.8, 4) is 6.07 Å². The maximum Gasteiger partial charge on any atom is 0.326 e. The summed E-state index contributed by atoms with van der Waals surface area (Å²) < 4.78 is 5.35. The molecule has 6 heteroatoms. The van der Waals surface area contributed by atoms with Crippen LogP contribution in [-0.4, -0.2) is 6.03 Å². The van der Waals surface area contributed by atoms with Gasteiger partial charge in [0.1, 0.15) is 17.4 Å². The molecule has 2 aromatic rings. The van der Waals surface area contributed by atoms with Crippen LogP contribution in [0.3, 0.4) is 0 Å². The molecule has 1 aromatic heterocycles. The van der Waals surface area contributed by atoms with Crippen molar-refractivity contribution < 1.29 is 9.21 Å². The van der Waals surface area contributed by atoms with Crippen molar-refractivity contribution in [2.24, 2.45) is 0 Å². The second-order valence-corrected chi connectivity index (χ2v) is 4.63. The van der Waals surface area contributed by atoms with Crippen LogP contribution in [0.1, 0.15) is 16.9 Å². The molecule has 0 fully saturated rings. The highest BCUT2D eigenvalue weighted by atomic mass is 35.5. The molecule has 1 heterocycles. The van der Waals surface area contributed by atoms with E-state index >= 15 is 0 Å². The summed E-state index contributed by atoms with van der Waals surface area (Å²) in [6.07, 6.45) is 0. The van der Waals surface area contributed by atoms with Crippen LogP contribution in [0.15, 0.2) is 28.7 Å². The summed E-state index contributed by atoms with van der Waals surface area (Å²) in [5.41, 5.74) is 1.59. The number of amides is 2. The molecular formula is C14H12ClN3O2. The molecule has 0 atom stereocenters. The number of hydrogen-bond acceptors (Lipinski definition) is 3. The van der Waals surface area contributed by atoms with Gasteiger partial charge < -0.3 is 9.73 Å². The number of nitrogens with zero attached hydrogens (tertiary/aromatic N) is 1. The van der Waals surface area contributed by atoms with Crippen LogP contribution >= 0.6 is 11.6 Å². The topological polar surface area (TPSA) is 78.1 Å². The Labute approximate surface area is 121 Å². The SMILES string of the molecule is Cc1oc(NC(=O)Nc2cccc(Cl)c2)c(C#N)c1C. The summed E-state index contributed by atoms with van der Waals surface area (Å²) in [5, 5.41) is 14.7. The van der Waals surface area contributed by atoms with E-state index in [0.717, 1.165) is 0 Å². The summed E-state index contributed by atoms with van der Waals surface area (Å²) in [6.45, 7) is 3.49. The minimum atomic E-state index is -0.502. The first kappa shape index (κ1) is 14.0. The van der Waals surface area contributed by atoms with Crippen LogP contribution in [0.2, 0.25) is 5.02 Å². The minimum Gasteiger partial charge on any atom is -0.444 e. The summed E-state index contributed by atoms with van der Waals surface area (Å²) in [5.74, 6) is 0.738. The van der Waals surface area contributed by atoms with Crippen LogP contribution in [-0.2, 0) is 0 Å². The lowest BCUT2D eigenvalue weighted by molar-refractivity contribution is 0.261. The van der Waals surface area contributed by atoms with E-state index in [0.29, 0.717) is 27.6 Å². The van der Waals surface area contributed by atoms with Crippen molar-refractivity contribution in [3.05, 3.63) is 46.2 Å². The number of benzene rings is 1. The second-order valence-electron chi connectivity index (χ2n) is 4.19. The van der Waals surface area contributed by atoms with Crippen molar-refractivity contribution in [1.29, 1.82) is 5.26 Å². The number of urea groups is 1. The number of carbonyl (C=O) groups is 1. The molecule has 0 aliphatic rings. The molecule has 1 aromatic carbocycles. The Morgan fingerprint density at radius 2 is 2.10 bits per heavy atom. The largest absolute Gasteiger partial charge is 0.444 e. The predicted octanol–water partition coefficient (Wildman–Crippen LogP) is 4.07. The highest BCUT2D eigenvalue weighted by molar-refractivity contribution is 6.30. The molecule has 0 aliphatic carbocycles. The highest BCUT2D eigenvalue weighted by Crippen LogP contribution is 2.25. The molecule has 2 rings (SSSR count). The lowest BCUT2D eigenvalue weighted by atomic mass is 10.2. The molecule has 0 spiro atoms. The third-order valence-electron chi connectivity index (χ3n) is 2.81. The summed E-state index contributed by atoms with van der Waals surface area (Å²) in [4.78, 5) is 11.8. The predicted molar refractivity (Wildman–Crippen MR) is 77.0 cm³/mol. The Hall–Kier alpha value is -2.45. The van der Waals surface area contributed by atoms with Crippen LogP contribution < -0.4 is 10.6 Å². The van der Waals surface area contributed by atoms with E-state index < -0.39 is 6.03 Å². The van der Waals surface area contributed by atoms with Gasteiger partial charge in [-0.1, -0.05) is 17.7 Å². The standard InChI is InChI=1S/C14H12ClN3O2/c1-8-9(2)20-13(12(8)7-16)18-14(19)17-11-5-3-4-10(15)6-11/h3-6H,1-2H3,(H2,17,18,19). The van der Waals surface area contributed by atoms with Gasteiger partial charge in [0.2, 0.25) is 5.88 Å². The Morgan fingerprint density at radius 1 is 1.35 bits per heavy atom. The van der Waals surface area contributed by atoms with Gasteiger partial charge in [-0.15, -0.1) is 0 Å². The van der Waals surface area contributed by atoms with Crippen LogP contribution in [0.5, 0.6) is 0 Å². The monoisotopic (exact) mass is 289 g/mol. The van der Waals surface area contributed by atoms with E-state index in [2.05, 4.69) is 10.6 Å². The van der Waals surface area contributed by atoms with Gasteiger partial charge in [-0.3, -0.25) is 5.32 Å². The Morgan fingerprint density at radius 3 is 2.75 bits per heavy atom. The smallest absolute Gasteiger partial charge is 0.326 e. The van der Waals surface area contributed by atoms with Crippen molar-refractivity contribution in [2.75, 3.05) is 10.6 Å². The van der Waals surface area contributed by atoms with E-state index in [4.69, 9.17) is 21.3 Å². The minimum absolute atomic E-state index is 0.141. The van der Waals surface area contributed by atoms with E-state index in [9.17, 15) is 4.79 Å². The molecule has 2 N–H and O–H groups in total. The Balaban J connectivity index is 2.13. The van der Waals surface area contributed by atoms with Crippen molar-refractivity contribution in [3.63, 3.8) is 0 Å². The quantitative estimate of drug-likeness (QED) is 0.875. The normalized spacial score (nSPS) is 9.90. The summed E-state index contributed by atoms with van der Waals surface area (Å²) >= 11 is 5.83. The van der Waals surface area contributed by atoms with Crippen molar-refractivity contribution in [1.82, 2.24) is 0 Å². The van der Waals surface area contributed by atoms with Gasteiger partial charge in [0.25, 0.3) is 0 Å². The van der Waals surface area contributed by atoms with Crippen LogP contribution in [0.4, 0.5) is 16.4 Å². The average molecular weight is 290 g/mol. The molecule has 0 unspecified atom stereocenters. The molecule has 0 bridgehead atoms. The first-order valence-electron chi connectivity index (χ1n) is 5.85. The third kappa shape index (κ3) is 2.92. The van der Waals surface area contributed by atoms with E-state index in [1.54, 1.807) is 38.1 Å². The molecule has 0 saturated heterocycles. The Kier molecular flexibility index (Phi) is 3.97. The number of rotatable bonds is 2. The lowest BCUT2D eigenvalue weighted by Crippen LogP contribution is -2.19. The number of carbonyl (C=O) groups excluding carboxylic acids is 1. The van der Waals surface area contributed by atoms with Gasteiger partial charge >= 0.3 is 6.03 Å². The number of anilines is 2.